The fraction of sp³-hybridized carbons (Fsp3) is 0.222. The monoisotopic (exact) mass is 310 g/mol. The van der Waals surface area contributed by atoms with Crippen LogP contribution >= 0.6 is 0 Å². The van der Waals surface area contributed by atoms with E-state index in [-0.39, 0.29) is 0 Å². The number of ether oxygens (including phenoxy) is 2. The Labute approximate surface area is 134 Å². The number of hydrogen-bond donors (Lipinski definition) is 0. The lowest BCUT2D eigenvalue weighted by molar-refractivity contribution is 0.288. The van der Waals surface area contributed by atoms with Crippen LogP contribution in [0, 0.1) is 0 Å². The van der Waals surface area contributed by atoms with Crippen LogP contribution in [0.5, 0.6) is 11.5 Å². The van der Waals surface area contributed by atoms with E-state index in [1.807, 2.05) is 50.2 Å². The SMILES string of the molecule is CCOc1ccc(-c2cc(-c3ccncc3)no2)cc1OCC. The third-order valence-corrected chi connectivity index (χ3v) is 3.31. The molecule has 23 heavy (non-hydrogen) atoms. The van der Waals surface area contributed by atoms with Gasteiger partial charge in [-0.15, -0.1) is 0 Å². The standard InChI is InChI=1S/C18H18N2O3/c1-3-21-16-6-5-14(11-18(16)22-4-2)17-12-15(20-23-17)13-7-9-19-10-8-13/h5-12H,3-4H2,1-2H3. The van der Waals surface area contributed by atoms with Gasteiger partial charge in [0.1, 0.15) is 5.69 Å². The van der Waals surface area contributed by atoms with Crippen molar-refractivity contribution in [3.05, 3.63) is 48.8 Å². The summed E-state index contributed by atoms with van der Waals surface area (Å²) in [5.74, 6) is 2.11. The minimum atomic E-state index is 0.572. The normalized spacial score (nSPS) is 10.5. The average Bonchev–Trinajstić information content (AvgIpc) is 3.08. The minimum Gasteiger partial charge on any atom is -0.490 e. The number of pyridine rings is 1. The van der Waals surface area contributed by atoms with Crippen molar-refractivity contribution in [1.82, 2.24) is 10.1 Å². The molecule has 0 saturated heterocycles. The first-order valence-electron chi connectivity index (χ1n) is 7.59. The first kappa shape index (κ1) is 15.1. The van der Waals surface area contributed by atoms with Crippen LogP contribution in [0.1, 0.15) is 13.8 Å². The summed E-state index contributed by atoms with van der Waals surface area (Å²) in [6.45, 7) is 5.05. The lowest BCUT2D eigenvalue weighted by Crippen LogP contribution is -1.98. The van der Waals surface area contributed by atoms with Crippen molar-refractivity contribution in [3.63, 3.8) is 0 Å². The maximum atomic E-state index is 5.65. The van der Waals surface area contributed by atoms with Gasteiger partial charge in [0.2, 0.25) is 0 Å². The van der Waals surface area contributed by atoms with Gasteiger partial charge < -0.3 is 14.0 Å². The summed E-state index contributed by atoms with van der Waals surface area (Å²) in [4.78, 5) is 4.01. The predicted octanol–water partition coefficient (Wildman–Crippen LogP) is 4.20. The van der Waals surface area contributed by atoms with E-state index in [1.165, 1.54) is 0 Å². The highest BCUT2D eigenvalue weighted by molar-refractivity contribution is 5.68. The molecule has 0 bridgehead atoms. The van der Waals surface area contributed by atoms with Gasteiger partial charge in [-0.1, -0.05) is 5.16 Å². The predicted molar refractivity (Wildman–Crippen MR) is 87.5 cm³/mol. The van der Waals surface area contributed by atoms with Gasteiger partial charge in [-0.05, 0) is 44.2 Å². The van der Waals surface area contributed by atoms with E-state index < -0.39 is 0 Å². The Balaban J connectivity index is 1.93. The second-order valence-electron chi connectivity index (χ2n) is 4.84. The highest BCUT2D eigenvalue weighted by atomic mass is 16.5. The highest BCUT2D eigenvalue weighted by Crippen LogP contribution is 2.34. The zero-order valence-electron chi connectivity index (χ0n) is 13.2. The molecule has 0 aliphatic rings. The Hall–Kier alpha value is -2.82. The lowest BCUT2D eigenvalue weighted by Gasteiger charge is -2.11. The molecule has 0 unspecified atom stereocenters. The molecule has 0 fully saturated rings. The molecule has 0 radical (unpaired) electrons. The highest BCUT2D eigenvalue weighted by Gasteiger charge is 2.12. The zero-order chi connectivity index (χ0) is 16.1. The Morgan fingerprint density at radius 1 is 0.870 bits per heavy atom. The molecular formula is C18H18N2O3. The van der Waals surface area contributed by atoms with E-state index in [1.54, 1.807) is 12.4 Å². The van der Waals surface area contributed by atoms with Crippen LogP contribution in [0.15, 0.2) is 53.3 Å². The van der Waals surface area contributed by atoms with Gasteiger partial charge in [-0.25, -0.2) is 0 Å². The Morgan fingerprint density at radius 2 is 1.61 bits per heavy atom. The van der Waals surface area contributed by atoms with Crippen LogP contribution in [0.2, 0.25) is 0 Å². The number of benzene rings is 1. The lowest BCUT2D eigenvalue weighted by atomic mass is 10.1. The van der Waals surface area contributed by atoms with Crippen LogP contribution in [-0.4, -0.2) is 23.4 Å². The molecule has 0 saturated carbocycles. The summed E-state index contributed by atoms with van der Waals surface area (Å²) in [5, 5.41) is 4.12. The maximum Gasteiger partial charge on any atom is 0.167 e. The van der Waals surface area contributed by atoms with E-state index in [9.17, 15) is 0 Å². The number of nitrogens with zero attached hydrogens (tertiary/aromatic N) is 2. The van der Waals surface area contributed by atoms with Crippen LogP contribution < -0.4 is 9.47 Å². The minimum absolute atomic E-state index is 0.572. The molecule has 0 aliphatic carbocycles. The zero-order valence-corrected chi connectivity index (χ0v) is 13.2. The van der Waals surface area contributed by atoms with E-state index in [4.69, 9.17) is 14.0 Å². The van der Waals surface area contributed by atoms with Crippen molar-refractivity contribution in [2.45, 2.75) is 13.8 Å². The smallest absolute Gasteiger partial charge is 0.167 e. The van der Waals surface area contributed by atoms with Crippen LogP contribution in [0.4, 0.5) is 0 Å². The molecule has 118 valence electrons. The number of rotatable bonds is 6. The third-order valence-electron chi connectivity index (χ3n) is 3.31. The molecule has 3 rings (SSSR count). The largest absolute Gasteiger partial charge is 0.490 e. The fourth-order valence-corrected chi connectivity index (χ4v) is 2.27. The molecule has 0 N–H and O–H groups in total. The summed E-state index contributed by atoms with van der Waals surface area (Å²) in [6, 6.07) is 11.4. The molecule has 2 heterocycles. The molecule has 3 aromatic rings. The van der Waals surface area contributed by atoms with E-state index in [2.05, 4.69) is 10.1 Å². The Morgan fingerprint density at radius 3 is 2.35 bits per heavy atom. The van der Waals surface area contributed by atoms with Gasteiger partial charge in [-0.3, -0.25) is 4.98 Å². The van der Waals surface area contributed by atoms with Gasteiger partial charge in [0.05, 0.1) is 13.2 Å². The Kier molecular flexibility index (Phi) is 4.57. The third kappa shape index (κ3) is 3.34. The topological polar surface area (TPSA) is 57.4 Å². The quantitative estimate of drug-likeness (QED) is 0.683. The second kappa shape index (κ2) is 6.96. The van der Waals surface area contributed by atoms with Gasteiger partial charge in [0, 0.05) is 29.6 Å². The molecule has 0 aliphatic heterocycles. The molecule has 5 nitrogen and oxygen atoms in total. The summed E-state index contributed by atoms with van der Waals surface area (Å²) in [6.07, 6.45) is 3.46. The van der Waals surface area contributed by atoms with Gasteiger partial charge >= 0.3 is 0 Å². The number of hydrogen-bond acceptors (Lipinski definition) is 5. The first-order valence-corrected chi connectivity index (χ1v) is 7.59. The summed E-state index contributed by atoms with van der Waals surface area (Å²) in [5.41, 5.74) is 2.63. The van der Waals surface area contributed by atoms with Crippen molar-refractivity contribution in [1.29, 1.82) is 0 Å². The van der Waals surface area contributed by atoms with E-state index in [0.29, 0.717) is 24.7 Å². The van der Waals surface area contributed by atoms with Crippen molar-refractivity contribution < 1.29 is 14.0 Å². The molecular weight excluding hydrogens is 292 g/mol. The molecule has 1 aromatic carbocycles. The molecule has 5 heteroatoms. The van der Waals surface area contributed by atoms with Crippen molar-refractivity contribution in [2.75, 3.05) is 13.2 Å². The van der Waals surface area contributed by atoms with Crippen molar-refractivity contribution in [3.8, 4) is 34.1 Å². The van der Waals surface area contributed by atoms with Crippen LogP contribution in [-0.2, 0) is 0 Å². The van der Waals surface area contributed by atoms with Crippen LogP contribution in [0.3, 0.4) is 0 Å². The van der Waals surface area contributed by atoms with Crippen LogP contribution in [0.25, 0.3) is 22.6 Å². The molecule has 0 amide bonds. The number of aromatic nitrogens is 2. The molecule has 0 spiro atoms. The molecule has 2 aromatic heterocycles. The van der Waals surface area contributed by atoms with E-state index >= 15 is 0 Å². The maximum absolute atomic E-state index is 5.65. The molecule has 0 atom stereocenters. The van der Waals surface area contributed by atoms with Crippen molar-refractivity contribution in [2.24, 2.45) is 0 Å². The summed E-state index contributed by atoms with van der Waals surface area (Å²) >= 11 is 0. The average molecular weight is 310 g/mol. The summed E-state index contributed by atoms with van der Waals surface area (Å²) < 4.78 is 16.7. The Bertz CT molecular complexity index is 769. The first-order chi connectivity index (χ1) is 11.3. The van der Waals surface area contributed by atoms with Crippen molar-refractivity contribution >= 4 is 0 Å². The van der Waals surface area contributed by atoms with E-state index in [0.717, 1.165) is 22.6 Å². The van der Waals surface area contributed by atoms with Gasteiger partial charge in [-0.2, -0.15) is 0 Å². The van der Waals surface area contributed by atoms with Gasteiger partial charge in [0.15, 0.2) is 17.3 Å². The fourth-order valence-electron chi connectivity index (χ4n) is 2.27. The van der Waals surface area contributed by atoms with Gasteiger partial charge in [0.25, 0.3) is 0 Å². The second-order valence-corrected chi connectivity index (χ2v) is 4.84. The summed E-state index contributed by atoms with van der Waals surface area (Å²) in [7, 11) is 0.